The topological polar surface area (TPSA) is 90.0 Å². The molecule has 0 bridgehead atoms. The van der Waals surface area contributed by atoms with Crippen molar-refractivity contribution < 1.29 is 18.0 Å². The summed E-state index contributed by atoms with van der Waals surface area (Å²) in [5.74, 6) is -0.0431. The standard InChI is InChI=1S/C21H26N4O4S/c1-23(2)30(28,29)19-11-7-6-10-18(19)16-22-21(27)25-14-12-24(13-15-25)20(26)17-8-4-3-5-9-17/h3-11H,12-16H2,1-2H3,(H,22,27). The number of benzene rings is 2. The number of carbonyl (C=O) groups excluding carboxylic acids is 2. The van der Waals surface area contributed by atoms with Crippen LogP contribution in [0.2, 0.25) is 0 Å². The molecule has 8 nitrogen and oxygen atoms in total. The molecule has 9 heteroatoms. The summed E-state index contributed by atoms with van der Waals surface area (Å²) in [4.78, 5) is 28.6. The van der Waals surface area contributed by atoms with Crippen molar-refractivity contribution in [3.63, 3.8) is 0 Å². The van der Waals surface area contributed by atoms with Crippen molar-refractivity contribution in [2.45, 2.75) is 11.4 Å². The van der Waals surface area contributed by atoms with Crippen LogP contribution < -0.4 is 5.32 Å². The molecule has 3 amide bonds. The van der Waals surface area contributed by atoms with Crippen molar-refractivity contribution in [3.05, 3.63) is 65.7 Å². The number of nitrogens with one attached hydrogen (secondary N) is 1. The number of urea groups is 1. The molecule has 0 aromatic heterocycles. The second-order valence-corrected chi connectivity index (χ2v) is 9.32. The third-order valence-electron chi connectivity index (χ3n) is 5.04. The Kier molecular flexibility index (Phi) is 6.73. The fraction of sp³-hybridized carbons (Fsp3) is 0.333. The van der Waals surface area contributed by atoms with E-state index in [1.165, 1.54) is 20.2 Å². The van der Waals surface area contributed by atoms with E-state index in [2.05, 4.69) is 5.32 Å². The highest BCUT2D eigenvalue weighted by Gasteiger charge is 2.25. The Balaban J connectivity index is 1.57. The average Bonchev–Trinajstić information content (AvgIpc) is 2.77. The minimum absolute atomic E-state index is 0.0431. The van der Waals surface area contributed by atoms with Crippen LogP contribution in [0.1, 0.15) is 15.9 Å². The lowest BCUT2D eigenvalue weighted by Gasteiger charge is -2.34. The molecule has 0 aliphatic carbocycles. The van der Waals surface area contributed by atoms with Crippen molar-refractivity contribution in [3.8, 4) is 0 Å². The van der Waals surface area contributed by atoms with E-state index in [-0.39, 0.29) is 23.4 Å². The van der Waals surface area contributed by atoms with E-state index < -0.39 is 10.0 Å². The van der Waals surface area contributed by atoms with E-state index in [4.69, 9.17) is 0 Å². The molecule has 1 saturated heterocycles. The quantitative estimate of drug-likeness (QED) is 0.780. The Morgan fingerprint density at radius 2 is 1.47 bits per heavy atom. The number of sulfonamides is 1. The third-order valence-corrected chi connectivity index (χ3v) is 6.95. The van der Waals surface area contributed by atoms with Crippen LogP contribution in [-0.2, 0) is 16.6 Å². The van der Waals surface area contributed by atoms with E-state index in [1.54, 1.807) is 40.1 Å². The van der Waals surface area contributed by atoms with Gasteiger partial charge in [0.2, 0.25) is 10.0 Å². The van der Waals surface area contributed by atoms with Crippen LogP contribution in [0.3, 0.4) is 0 Å². The number of nitrogens with zero attached hydrogens (tertiary/aromatic N) is 3. The molecular weight excluding hydrogens is 404 g/mol. The zero-order valence-corrected chi connectivity index (χ0v) is 17.9. The number of piperazine rings is 1. The second-order valence-electron chi connectivity index (χ2n) is 7.20. The summed E-state index contributed by atoms with van der Waals surface area (Å²) in [5.41, 5.74) is 1.16. The van der Waals surface area contributed by atoms with Gasteiger partial charge in [-0.25, -0.2) is 17.5 Å². The molecule has 1 aliphatic rings. The van der Waals surface area contributed by atoms with Gasteiger partial charge in [0.05, 0.1) is 4.90 Å². The average molecular weight is 431 g/mol. The SMILES string of the molecule is CN(C)S(=O)(=O)c1ccccc1CNC(=O)N1CCN(C(=O)c2ccccc2)CC1. The Hall–Kier alpha value is -2.91. The maximum absolute atomic E-state index is 12.6. The van der Waals surface area contributed by atoms with Gasteiger partial charge in [-0.1, -0.05) is 36.4 Å². The molecule has 3 rings (SSSR count). The number of amides is 3. The highest BCUT2D eigenvalue weighted by atomic mass is 32.2. The summed E-state index contributed by atoms with van der Waals surface area (Å²) < 4.78 is 26.1. The summed E-state index contributed by atoms with van der Waals surface area (Å²) in [7, 11) is -0.653. The van der Waals surface area contributed by atoms with Gasteiger partial charge in [-0.3, -0.25) is 4.79 Å². The maximum Gasteiger partial charge on any atom is 0.317 e. The molecule has 2 aromatic carbocycles. The second kappa shape index (κ2) is 9.27. The fourth-order valence-electron chi connectivity index (χ4n) is 3.26. The fourth-order valence-corrected chi connectivity index (χ4v) is 4.37. The van der Waals surface area contributed by atoms with E-state index in [0.717, 1.165) is 4.31 Å². The Morgan fingerprint density at radius 3 is 2.10 bits per heavy atom. The summed E-state index contributed by atoms with van der Waals surface area (Å²) in [6.45, 7) is 1.84. The zero-order valence-electron chi connectivity index (χ0n) is 17.1. The Bertz CT molecular complexity index is 1000. The van der Waals surface area contributed by atoms with Gasteiger partial charge in [0.1, 0.15) is 0 Å². The molecule has 0 unspecified atom stereocenters. The Labute approximate surface area is 177 Å². The van der Waals surface area contributed by atoms with Crippen LogP contribution in [-0.4, -0.2) is 74.7 Å². The highest BCUT2D eigenvalue weighted by molar-refractivity contribution is 7.89. The van der Waals surface area contributed by atoms with Crippen LogP contribution in [0.5, 0.6) is 0 Å². The predicted molar refractivity (Wildman–Crippen MR) is 113 cm³/mol. The molecule has 1 heterocycles. The minimum Gasteiger partial charge on any atom is -0.335 e. The van der Waals surface area contributed by atoms with E-state index in [9.17, 15) is 18.0 Å². The van der Waals surface area contributed by atoms with E-state index >= 15 is 0 Å². The first kappa shape index (κ1) is 21.8. The monoisotopic (exact) mass is 430 g/mol. The maximum atomic E-state index is 12.6. The zero-order chi connectivity index (χ0) is 21.7. The molecule has 1 aliphatic heterocycles. The first-order chi connectivity index (χ1) is 14.3. The molecule has 1 fully saturated rings. The van der Waals surface area contributed by atoms with E-state index in [0.29, 0.717) is 37.3 Å². The lowest BCUT2D eigenvalue weighted by molar-refractivity contribution is 0.0665. The van der Waals surface area contributed by atoms with Crippen molar-refractivity contribution in [2.24, 2.45) is 0 Å². The molecule has 0 radical (unpaired) electrons. The van der Waals surface area contributed by atoms with Crippen molar-refractivity contribution in [2.75, 3.05) is 40.3 Å². The minimum atomic E-state index is -3.60. The molecule has 160 valence electrons. The summed E-state index contributed by atoms with van der Waals surface area (Å²) in [5, 5.41) is 2.80. The molecule has 2 aromatic rings. The van der Waals surface area contributed by atoms with Crippen LogP contribution >= 0.6 is 0 Å². The van der Waals surface area contributed by atoms with Gasteiger partial charge in [-0.15, -0.1) is 0 Å². The molecular formula is C21H26N4O4S. The smallest absolute Gasteiger partial charge is 0.317 e. The normalized spacial score (nSPS) is 14.6. The molecule has 30 heavy (non-hydrogen) atoms. The van der Waals surface area contributed by atoms with E-state index in [1.807, 2.05) is 18.2 Å². The van der Waals surface area contributed by atoms with Gasteiger partial charge in [0.15, 0.2) is 0 Å². The first-order valence-electron chi connectivity index (χ1n) is 9.68. The van der Waals surface area contributed by atoms with Crippen LogP contribution in [0.25, 0.3) is 0 Å². The van der Waals surface area contributed by atoms with Crippen molar-refractivity contribution >= 4 is 22.0 Å². The molecule has 0 spiro atoms. The molecule has 0 saturated carbocycles. The Morgan fingerprint density at radius 1 is 0.900 bits per heavy atom. The third kappa shape index (κ3) is 4.80. The molecule has 0 atom stereocenters. The number of hydrogen-bond acceptors (Lipinski definition) is 4. The van der Waals surface area contributed by atoms with Gasteiger partial charge in [0.25, 0.3) is 5.91 Å². The number of rotatable bonds is 5. The first-order valence-corrected chi connectivity index (χ1v) is 11.1. The molecule has 1 N–H and O–H groups in total. The lowest BCUT2D eigenvalue weighted by Crippen LogP contribution is -2.53. The van der Waals surface area contributed by atoms with Gasteiger partial charge < -0.3 is 15.1 Å². The summed E-state index contributed by atoms with van der Waals surface area (Å²) in [6, 6.07) is 15.4. The van der Waals surface area contributed by atoms with Crippen LogP contribution in [0.15, 0.2) is 59.5 Å². The number of hydrogen-bond donors (Lipinski definition) is 1. The van der Waals surface area contributed by atoms with Crippen LogP contribution in [0.4, 0.5) is 4.79 Å². The van der Waals surface area contributed by atoms with Crippen molar-refractivity contribution in [1.29, 1.82) is 0 Å². The lowest BCUT2D eigenvalue weighted by atomic mass is 10.2. The highest BCUT2D eigenvalue weighted by Crippen LogP contribution is 2.18. The number of carbonyl (C=O) groups is 2. The largest absolute Gasteiger partial charge is 0.335 e. The van der Waals surface area contributed by atoms with Crippen molar-refractivity contribution in [1.82, 2.24) is 19.4 Å². The van der Waals surface area contributed by atoms with Gasteiger partial charge >= 0.3 is 6.03 Å². The van der Waals surface area contributed by atoms with Crippen LogP contribution in [0, 0.1) is 0 Å². The predicted octanol–water partition coefficient (Wildman–Crippen LogP) is 1.60. The summed E-state index contributed by atoms with van der Waals surface area (Å²) >= 11 is 0. The summed E-state index contributed by atoms with van der Waals surface area (Å²) in [6.07, 6.45) is 0. The van der Waals surface area contributed by atoms with Gasteiger partial charge in [0, 0.05) is 52.4 Å². The van der Waals surface area contributed by atoms with Gasteiger partial charge in [-0.05, 0) is 23.8 Å². The van der Waals surface area contributed by atoms with Gasteiger partial charge in [-0.2, -0.15) is 0 Å².